The summed E-state index contributed by atoms with van der Waals surface area (Å²) in [5.41, 5.74) is -4.75. The Morgan fingerprint density at radius 1 is 1.08 bits per heavy atom. The predicted octanol–water partition coefficient (Wildman–Crippen LogP) is 4.92. The molecule has 0 aliphatic rings. The van der Waals surface area contributed by atoms with Gasteiger partial charge < -0.3 is 5.11 Å². The van der Waals surface area contributed by atoms with E-state index in [0.29, 0.717) is 0 Å². The van der Waals surface area contributed by atoms with Gasteiger partial charge in [-0.25, -0.2) is 0 Å². The zero-order valence-corrected chi connectivity index (χ0v) is 14.3. The van der Waals surface area contributed by atoms with E-state index in [-0.39, 0.29) is 21.3 Å². The maximum atomic E-state index is 13.5. The number of nitro benzene ring substituents is 1. The van der Waals surface area contributed by atoms with Crippen molar-refractivity contribution in [3.8, 4) is 0 Å². The van der Waals surface area contributed by atoms with E-state index in [1.807, 2.05) is 0 Å². The van der Waals surface area contributed by atoms with Gasteiger partial charge in [0.2, 0.25) is 0 Å². The third kappa shape index (κ3) is 4.14. The van der Waals surface area contributed by atoms with Crippen LogP contribution in [0.15, 0.2) is 42.5 Å². The van der Waals surface area contributed by atoms with Crippen molar-refractivity contribution in [1.29, 1.82) is 0 Å². The lowest BCUT2D eigenvalue weighted by Crippen LogP contribution is -2.44. The van der Waals surface area contributed by atoms with E-state index in [9.17, 15) is 33.2 Å². The Morgan fingerprint density at radius 3 is 2.00 bits per heavy atom. The van der Waals surface area contributed by atoms with Crippen molar-refractivity contribution >= 4 is 34.7 Å². The fourth-order valence-electron chi connectivity index (χ4n) is 2.26. The number of ketones is 1. The standard InChI is InChI=1S/C16H10Cl2F3NO4/c17-11-5-10(6-12(18)7-11)15(24,16(19,20)21)8-14(23)9-1-3-13(4-2-9)22(25)26/h1-7,24H,8H2/t15-/m0/s1. The molecule has 2 aromatic carbocycles. The Balaban J connectivity index is 2.42. The monoisotopic (exact) mass is 407 g/mol. The molecule has 0 saturated carbocycles. The van der Waals surface area contributed by atoms with Gasteiger partial charge in [-0.2, -0.15) is 13.2 Å². The van der Waals surface area contributed by atoms with Gasteiger partial charge in [-0.05, 0) is 35.9 Å². The normalized spacial score (nSPS) is 13.9. The van der Waals surface area contributed by atoms with Gasteiger partial charge in [-0.1, -0.05) is 23.2 Å². The van der Waals surface area contributed by atoms with Crippen LogP contribution >= 0.6 is 23.2 Å². The molecule has 0 aromatic heterocycles. The average Bonchev–Trinajstić information content (AvgIpc) is 2.52. The summed E-state index contributed by atoms with van der Waals surface area (Å²) in [6.07, 6.45) is -6.54. The van der Waals surface area contributed by atoms with E-state index >= 15 is 0 Å². The first-order chi connectivity index (χ1) is 11.9. The highest BCUT2D eigenvalue weighted by Crippen LogP contribution is 2.43. The lowest BCUT2D eigenvalue weighted by Gasteiger charge is -2.30. The van der Waals surface area contributed by atoms with E-state index in [1.165, 1.54) is 6.07 Å². The van der Waals surface area contributed by atoms with Crippen molar-refractivity contribution in [2.45, 2.75) is 18.2 Å². The lowest BCUT2D eigenvalue weighted by atomic mass is 9.86. The molecule has 0 saturated heterocycles. The van der Waals surface area contributed by atoms with Crippen molar-refractivity contribution in [2.24, 2.45) is 0 Å². The minimum Gasteiger partial charge on any atom is -0.376 e. The second-order valence-corrected chi connectivity index (χ2v) is 6.29. The van der Waals surface area contributed by atoms with Crippen LogP contribution in [0.5, 0.6) is 0 Å². The van der Waals surface area contributed by atoms with Crippen LogP contribution in [0.1, 0.15) is 22.3 Å². The van der Waals surface area contributed by atoms with E-state index in [0.717, 1.165) is 36.4 Å². The van der Waals surface area contributed by atoms with Crippen LogP contribution in [0.3, 0.4) is 0 Å². The van der Waals surface area contributed by atoms with Crippen LogP contribution in [-0.2, 0) is 5.60 Å². The van der Waals surface area contributed by atoms with E-state index < -0.39 is 34.5 Å². The van der Waals surface area contributed by atoms with Crippen LogP contribution < -0.4 is 0 Å². The minimum absolute atomic E-state index is 0.141. The number of carbonyl (C=O) groups is 1. The summed E-state index contributed by atoms with van der Waals surface area (Å²) in [7, 11) is 0. The number of hydrogen-bond donors (Lipinski definition) is 1. The molecule has 0 unspecified atom stereocenters. The molecular formula is C16H10Cl2F3NO4. The average molecular weight is 408 g/mol. The van der Waals surface area contributed by atoms with Crippen LogP contribution in [0.4, 0.5) is 18.9 Å². The van der Waals surface area contributed by atoms with Crippen LogP contribution in [0.2, 0.25) is 10.0 Å². The van der Waals surface area contributed by atoms with Gasteiger partial charge >= 0.3 is 6.18 Å². The van der Waals surface area contributed by atoms with Crippen molar-refractivity contribution in [1.82, 2.24) is 0 Å². The number of hydrogen-bond acceptors (Lipinski definition) is 4. The number of alkyl halides is 3. The zero-order chi connectivity index (χ0) is 19.7. The topological polar surface area (TPSA) is 80.4 Å². The first kappa shape index (κ1) is 20.2. The summed E-state index contributed by atoms with van der Waals surface area (Å²) < 4.78 is 40.6. The molecule has 0 aliphatic heterocycles. The van der Waals surface area contributed by atoms with E-state index in [1.54, 1.807) is 0 Å². The number of halogens is 5. The lowest BCUT2D eigenvalue weighted by molar-refractivity contribution is -0.384. The Labute approximate surface area is 155 Å². The number of carbonyl (C=O) groups excluding carboxylic acids is 1. The molecule has 5 nitrogen and oxygen atoms in total. The van der Waals surface area contributed by atoms with Gasteiger partial charge in [0, 0.05) is 27.7 Å². The molecule has 0 amide bonds. The highest BCUT2D eigenvalue weighted by atomic mass is 35.5. The van der Waals surface area contributed by atoms with Crippen molar-refractivity contribution in [3.63, 3.8) is 0 Å². The van der Waals surface area contributed by atoms with Gasteiger partial charge in [0.15, 0.2) is 11.4 Å². The molecular weight excluding hydrogens is 398 g/mol. The fraction of sp³-hybridized carbons (Fsp3) is 0.188. The van der Waals surface area contributed by atoms with Crippen LogP contribution in [-0.4, -0.2) is 22.0 Å². The van der Waals surface area contributed by atoms with Crippen LogP contribution in [0.25, 0.3) is 0 Å². The maximum Gasteiger partial charge on any atom is 0.421 e. The quantitative estimate of drug-likeness (QED) is 0.433. The number of rotatable bonds is 5. The highest BCUT2D eigenvalue weighted by molar-refractivity contribution is 6.34. The highest BCUT2D eigenvalue weighted by Gasteiger charge is 2.56. The van der Waals surface area contributed by atoms with E-state index in [4.69, 9.17) is 23.2 Å². The molecule has 1 atom stereocenters. The molecule has 1 N–H and O–H groups in total. The van der Waals surface area contributed by atoms with Crippen molar-refractivity contribution in [2.75, 3.05) is 0 Å². The van der Waals surface area contributed by atoms with Gasteiger partial charge in [-0.15, -0.1) is 0 Å². The Morgan fingerprint density at radius 2 is 1.58 bits per heavy atom. The molecule has 0 aliphatic carbocycles. The largest absolute Gasteiger partial charge is 0.421 e. The van der Waals surface area contributed by atoms with Gasteiger partial charge in [0.25, 0.3) is 5.69 Å². The Kier molecular flexibility index (Phi) is 5.60. The molecule has 10 heteroatoms. The number of nitrogens with zero attached hydrogens (tertiary/aromatic N) is 1. The molecule has 2 aromatic rings. The SMILES string of the molecule is O=C(C[C@](O)(c1cc(Cl)cc(Cl)c1)C(F)(F)F)c1ccc([N+](=O)[O-])cc1. The molecule has 0 fully saturated rings. The fourth-order valence-corrected chi connectivity index (χ4v) is 2.79. The van der Waals surface area contributed by atoms with Gasteiger partial charge in [-0.3, -0.25) is 14.9 Å². The predicted molar refractivity (Wildman–Crippen MR) is 88.5 cm³/mol. The van der Waals surface area contributed by atoms with Gasteiger partial charge in [0.05, 0.1) is 11.3 Å². The van der Waals surface area contributed by atoms with Gasteiger partial charge in [0.1, 0.15) is 0 Å². The first-order valence-electron chi connectivity index (χ1n) is 6.97. The molecule has 138 valence electrons. The zero-order valence-electron chi connectivity index (χ0n) is 12.8. The summed E-state index contributed by atoms with van der Waals surface area (Å²) in [5.74, 6) is -1.06. The number of nitro groups is 1. The number of non-ortho nitro benzene ring substituents is 1. The van der Waals surface area contributed by atoms with Crippen molar-refractivity contribution in [3.05, 3.63) is 73.8 Å². The second kappa shape index (κ2) is 7.22. The molecule has 2 rings (SSSR count). The Bertz CT molecular complexity index is 835. The number of aliphatic hydroxyl groups is 1. The molecule has 0 radical (unpaired) electrons. The number of Topliss-reactive ketones (excluding diaryl/α,β-unsaturated/α-hetero) is 1. The third-order valence-corrected chi connectivity index (χ3v) is 4.06. The molecule has 26 heavy (non-hydrogen) atoms. The maximum absolute atomic E-state index is 13.5. The molecule has 0 bridgehead atoms. The Hall–Kier alpha value is -2.16. The minimum atomic E-state index is -5.20. The smallest absolute Gasteiger partial charge is 0.376 e. The summed E-state index contributed by atoms with van der Waals surface area (Å²) in [6, 6.07) is 6.91. The molecule has 0 spiro atoms. The van der Waals surface area contributed by atoms with Crippen molar-refractivity contribution < 1.29 is 28.0 Å². The summed E-state index contributed by atoms with van der Waals surface area (Å²) in [6.45, 7) is 0. The van der Waals surface area contributed by atoms with Crippen LogP contribution in [0, 0.1) is 10.1 Å². The molecule has 0 heterocycles. The summed E-state index contributed by atoms with van der Waals surface area (Å²) in [5, 5.41) is 20.6. The summed E-state index contributed by atoms with van der Waals surface area (Å²) >= 11 is 11.4. The third-order valence-electron chi connectivity index (χ3n) is 3.63. The number of benzene rings is 2. The van der Waals surface area contributed by atoms with E-state index in [2.05, 4.69) is 0 Å². The summed E-state index contributed by atoms with van der Waals surface area (Å²) in [4.78, 5) is 22.1. The second-order valence-electron chi connectivity index (χ2n) is 5.42. The first-order valence-corrected chi connectivity index (χ1v) is 7.73.